The van der Waals surface area contributed by atoms with Crippen LogP contribution < -0.4 is 0 Å². The fourth-order valence-corrected chi connectivity index (χ4v) is 1.38. The van der Waals surface area contributed by atoms with Crippen molar-refractivity contribution in [1.29, 1.82) is 0 Å². The molecule has 0 spiro atoms. The van der Waals surface area contributed by atoms with Crippen LogP contribution in [0.2, 0.25) is 0 Å². The Morgan fingerprint density at radius 1 is 1.47 bits per heavy atom. The van der Waals surface area contributed by atoms with Crippen LogP contribution in [-0.2, 0) is 14.3 Å². The Balaban J connectivity index is 2.17. The van der Waals surface area contributed by atoms with E-state index in [0.29, 0.717) is 11.1 Å². The molecule has 15 heavy (non-hydrogen) atoms. The van der Waals surface area contributed by atoms with Gasteiger partial charge in [-0.3, -0.25) is 0 Å². The van der Waals surface area contributed by atoms with Gasteiger partial charge in [0.15, 0.2) is 0 Å². The van der Waals surface area contributed by atoms with Crippen molar-refractivity contribution in [2.75, 3.05) is 6.61 Å². The Bertz CT molecular complexity index is 412. The molecular formula is C10H8O5. The lowest BCUT2D eigenvalue weighted by atomic mass is 10.1. The Kier molecular flexibility index (Phi) is 2.39. The second-order valence-corrected chi connectivity index (χ2v) is 3.03. The molecule has 1 aromatic rings. The highest BCUT2D eigenvalue weighted by atomic mass is 16.7. The second kappa shape index (κ2) is 3.70. The van der Waals surface area contributed by atoms with E-state index in [0.717, 1.165) is 0 Å². The molecule has 0 radical (unpaired) electrons. The van der Waals surface area contributed by atoms with Gasteiger partial charge in [0.05, 0.1) is 5.56 Å². The van der Waals surface area contributed by atoms with Crippen LogP contribution in [0.4, 0.5) is 0 Å². The average Bonchev–Trinajstić information content (AvgIpc) is 2.54. The van der Waals surface area contributed by atoms with Gasteiger partial charge in [-0.25, -0.2) is 9.59 Å². The molecule has 1 atom stereocenters. The normalized spacial score (nSPS) is 18.4. The van der Waals surface area contributed by atoms with E-state index in [-0.39, 0.29) is 0 Å². The van der Waals surface area contributed by atoms with Crippen molar-refractivity contribution in [1.82, 2.24) is 0 Å². The predicted molar refractivity (Wildman–Crippen MR) is 48.2 cm³/mol. The van der Waals surface area contributed by atoms with Crippen LogP contribution in [-0.4, -0.2) is 23.7 Å². The first-order valence-corrected chi connectivity index (χ1v) is 4.32. The van der Waals surface area contributed by atoms with Crippen molar-refractivity contribution >= 4 is 11.9 Å². The number of carbonyl (C=O) groups excluding carboxylic acids is 1. The number of aliphatic carboxylic acids is 1. The maximum Gasteiger partial charge on any atom is 0.341 e. The summed E-state index contributed by atoms with van der Waals surface area (Å²) >= 11 is 0. The number of rotatable bonds is 3. The number of hydrogen-bond donors (Lipinski definition) is 1. The van der Waals surface area contributed by atoms with E-state index < -0.39 is 24.8 Å². The van der Waals surface area contributed by atoms with E-state index in [9.17, 15) is 9.59 Å². The zero-order valence-corrected chi connectivity index (χ0v) is 7.67. The molecule has 1 N–H and O–H groups in total. The van der Waals surface area contributed by atoms with Gasteiger partial charge in [-0.05, 0) is 6.07 Å². The molecule has 1 unspecified atom stereocenters. The minimum Gasteiger partial charge on any atom is -0.480 e. The van der Waals surface area contributed by atoms with Gasteiger partial charge in [0.2, 0.25) is 6.29 Å². The van der Waals surface area contributed by atoms with Crippen LogP contribution in [0.25, 0.3) is 0 Å². The Labute approximate surface area is 85.2 Å². The van der Waals surface area contributed by atoms with Crippen molar-refractivity contribution in [2.45, 2.75) is 6.29 Å². The highest BCUT2D eigenvalue weighted by molar-refractivity contribution is 5.93. The molecular weight excluding hydrogens is 200 g/mol. The van der Waals surface area contributed by atoms with Crippen molar-refractivity contribution in [3.63, 3.8) is 0 Å². The molecule has 1 aliphatic heterocycles. The summed E-state index contributed by atoms with van der Waals surface area (Å²) < 4.78 is 9.78. The summed E-state index contributed by atoms with van der Waals surface area (Å²) in [4.78, 5) is 21.6. The topological polar surface area (TPSA) is 72.8 Å². The Hall–Kier alpha value is -1.88. The maximum atomic E-state index is 11.3. The van der Waals surface area contributed by atoms with Gasteiger partial charge >= 0.3 is 11.9 Å². The number of carboxylic acid groups (broad SMARTS) is 1. The minimum absolute atomic E-state index is 0.424. The van der Waals surface area contributed by atoms with Crippen LogP contribution in [0.3, 0.4) is 0 Å². The van der Waals surface area contributed by atoms with E-state index in [1.165, 1.54) is 0 Å². The number of fused-ring (bicyclic) bond motifs is 1. The van der Waals surface area contributed by atoms with Crippen molar-refractivity contribution < 1.29 is 24.2 Å². The van der Waals surface area contributed by atoms with Gasteiger partial charge in [-0.2, -0.15) is 0 Å². The lowest BCUT2D eigenvalue weighted by Gasteiger charge is -2.09. The summed E-state index contributed by atoms with van der Waals surface area (Å²) in [7, 11) is 0. The molecule has 0 aliphatic carbocycles. The zero-order valence-electron chi connectivity index (χ0n) is 7.67. The number of benzene rings is 1. The van der Waals surface area contributed by atoms with Gasteiger partial charge in [0.1, 0.15) is 6.61 Å². The van der Waals surface area contributed by atoms with Gasteiger partial charge in [-0.15, -0.1) is 0 Å². The monoisotopic (exact) mass is 208 g/mol. The second-order valence-electron chi connectivity index (χ2n) is 3.03. The molecule has 5 heteroatoms. The molecule has 5 nitrogen and oxygen atoms in total. The summed E-state index contributed by atoms with van der Waals surface area (Å²) in [5.41, 5.74) is 0.997. The van der Waals surface area contributed by atoms with Crippen LogP contribution in [0.15, 0.2) is 24.3 Å². The SMILES string of the molecule is O=C(O)COC1OC(=O)c2ccccc21. The Morgan fingerprint density at radius 2 is 2.20 bits per heavy atom. The largest absolute Gasteiger partial charge is 0.480 e. The van der Waals surface area contributed by atoms with E-state index in [4.69, 9.17) is 14.6 Å². The van der Waals surface area contributed by atoms with Crippen LogP contribution in [0.1, 0.15) is 22.2 Å². The van der Waals surface area contributed by atoms with E-state index >= 15 is 0 Å². The molecule has 0 saturated carbocycles. The lowest BCUT2D eigenvalue weighted by Crippen LogP contribution is -2.11. The first-order chi connectivity index (χ1) is 7.18. The fraction of sp³-hybridized carbons (Fsp3) is 0.200. The molecule has 2 rings (SSSR count). The van der Waals surface area contributed by atoms with Crippen LogP contribution >= 0.6 is 0 Å². The third-order valence-electron chi connectivity index (χ3n) is 2.01. The average molecular weight is 208 g/mol. The molecule has 1 aromatic carbocycles. The molecule has 0 aromatic heterocycles. The van der Waals surface area contributed by atoms with Gasteiger partial charge in [0.25, 0.3) is 0 Å². The van der Waals surface area contributed by atoms with Gasteiger partial charge in [0, 0.05) is 5.56 Å². The first kappa shape index (κ1) is 9.67. The zero-order chi connectivity index (χ0) is 10.8. The van der Waals surface area contributed by atoms with E-state index in [1.54, 1.807) is 24.3 Å². The Morgan fingerprint density at radius 3 is 2.93 bits per heavy atom. The van der Waals surface area contributed by atoms with Crippen molar-refractivity contribution in [2.24, 2.45) is 0 Å². The number of esters is 1. The number of ether oxygens (including phenoxy) is 2. The third-order valence-corrected chi connectivity index (χ3v) is 2.01. The molecule has 0 amide bonds. The minimum atomic E-state index is -1.10. The van der Waals surface area contributed by atoms with Crippen LogP contribution in [0.5, 0.6) is 0 Å². The molecule has 78 valence electrons. The predicted octanol–water partition coefficient (Wildman–Crippen LogP) is 0.957. The summed E-state index contributed by atoms with van der Waals surface area (Å²) in [5.74, 6) is -1.59. The molecule has 1 heterocycles. The van der Waals surface area contributed by atoms with Gasteiger partial charge < -0.3 is 14.6 Å². The summed E-state index contributed by atoms with van der Waals surface area (Å²) in [6, 6.07) is 6.73. The highest BCUT2D eigenvalue weighted by Crippen LogP contribution is 2.30. The van der Waals surface area contributed by atoms with Gasteiger partial charge in [-0.1, -0.05) is 18.2 Å². The molecule has 0 bridgehead atoms. The lowest BCUT2D eigenvalue weighted by molar-refractivity contribution is -0.156. The third kappa shape index (κ3) is 1.82. The number of cyclic esters (lactones) is 1. The summed E-state index contributed by atoms with van der Waals surface area (Å²) in [6.07, 6.45) is -0.898. The van der Waals surface area contributed by atoms with Crippen LogP contribution in [0, 0.1) is 0 Å². The number of hydrogen-bond acceptors (Lipinski definition) is 4. The molecule has 1 aliphatic rings. The first-order valence-electron chi connectivity index (χ1n) is 4.32. The molecule has 0 saturated heterocycles. The number of carbonyl (C=O) groups is 2. The number of carboxylic acids is 1. The van der Waals surface area contributed by atoms with E-state index in [2.05, 4.69) is 0 Å². The van der Waals surface area contributed by atoms with Crippen molar-refractivity contribution in [3.8, 4) is 0 Å². The van der Waals surface area contributed by atoms with E-state index in [1.807, 2.05) is 0 Å². The smallest absolute Gasteiger partial charge is 0.341 e. The standard InChI is InChI=1S/C10H8O5/c11-8(12)5-14-10-7-4-2-1-3-6(7)9(13)15-10/h1-4,10H,5H2,(H,11,12). The summed E-state index contributed by atoms with van der Waals surface area (Å²) in [5, 5.41) is 8.42. The molecule has 0 fully saturated rings. The fourth-order valence-electron chi connectivity index (χ4n) is 1.38. The highest BCUT2D eigenvalue weighted by Gasteiger charge is 2.31. The van der Waals surface area contributed by atoms with Crippen molar-refractivity contribution in [3.05, 3.63) is 35.4 Å². The maximum absolute atomic E-state index is 11.3. The quantitative estimate of drug-likeness (QED) is 0.749. The summed E-state index contributed by atoms with van der Waals surface area (Å²) in [6.45, 7) is -0.494.